The first-order valence-electron chi connectivity index (χ1n) is 4.97. The van der Waals surface area contributed by atoms with Crippen LogP contribution in [0.15, 0.2) is 28.3 Å². The lowest BCUT2D eigenvalue weighted by molar-refractivity contribution is 0.443. The Balaban J connectivity index is 3.02. The second-order valence-corrected chi connectivity index (χ2v) is 6.43. The monoisotopic (exact) mass is 260 g/mol. The van der Waals surface area contributed by atoms with Crippen LogP contribution in [0.1, 0.15) is 13.3 Å². The van der Waals surface area contributed by atoms with Crippen molar-refractivity contribution in [3.8, 4) is 0 Å². The molecule has 0 aliphatic heterocycles. The molecule has 0 atom stereocenters. The summed E-state index contributed by atoms with van der Waals surface area (Å²) in [4.78, 5) is 0. The van der Waals surface area contributed by atoms with E-state index >= 15 is 0 Å². The summed E-state index contributed by atoms with van der Waals surface area (Å²) in [5.74, 6) is 0. The maximum absolute atomic E-state index is 12.2. The fourth-order valence-corrected chi connectivity index (χ4v) is 4.03. The van der Waals surface area contributed by atoms with Gasteiger partial charge in [-0.2, -0.15) is 4.31 Å². The molecular weight excluding hydrogens is 244 g/mol. The van der Waals surface area contributed by atoms with Gasteiger partial charge in [0.05, 0.1) is 0 Å². The summed E-state index contributed by atoms with van der Waals surface area (Å²) < 4.78 is 26.0. The van der Waals surface area contributed by atoms with Crippen LogP contribution in [0.2, 0.25) is 0 Å². The number of sulfonamides is 1. The lowest BCUT2D eigenvalue weighted by atomic mass is 10.5. The van der Waals surface area contributed by atoms with Crippen LogP contribution in [-0.2, 0) is 10.0 Å². The van der Waals surface area contributed by atoms with E-state index in [1.54, 1.807) is 11.5 Å². The topological polar surface area (TPSA) is 63.4 Å². The highest BCUT2D eigenvalue weighted by molar-refractivity contribution is 7.91. The van der Waals surface area contributed by atoms with E-state index in [0.717, 1.165) is 17.8 Å². The number of rotatable bonds is 6. The van der Waals surface area contributed by atoms with Crippen molar-refractivity contribution in [3.05, 3.63) is 24.1 Å². The fourth-order valence-electron chi connectivity index (χ4n) is 1.30. The van der Waals surface area contributed by atoms with E-state index < -0.39 is 10.0 Å². The second kappa shape index (κ2) is 5.47. The maximum Gasteiger partial charge on any atom is 0.252 e. The Bertz CT molecular complexity index is 451. The Morgan fingerprint density at radius 2 is 2.31 bits per heavy atom. The molecule has 0 aromatic carbocycles. The molecule has 0 radical (unpaired) electrons. The maximum atomic E-state index is 12.2. The number of nitrogen functional groups attached to an aromatic ring is 1. The molecule has 2 N–H and O–H groups in total. The Morgan fingerprint density at radius 3 is 2.75 bits per heavy atom. The molecule has 4 nitrogen and oxygen atoms in total. The lowest BCUT2D eigenvalue weighted by Gasteiger charge is -2.18. The number of hydrogen-bond acceptors (Lipinski definition) is 4. The van der Waals surface area contributed by atoms with Crippen LogP contribution in [0.5, 0.6) is 0 Å². The van der Waals surface area contributed by atoms with Crippen molar-refractivity contribution in [2.45, 2.75) is 17.6 Å². The van der Waals surface area contributed by atoms with Crippen LogP contribution in [0.3, 0.4) is 0 Å². The summed E-state index contributed by atoms with van der Waals surface area (Å²) in [5.41, 5.74) is 6.02. The van der Waals surface area contributed by atoms with Crippen molar-refractivity contribution in [3.63, 3.8) is 0 Å². The highest BCUT2D eigenvalue weighted by Crippen LogP contribution is 2.25. The van der Waals surface area contributed by atoms with E-state index in [2.05, 4.69) is 6.58 Å². The SMILES string of the molecule is C=CCN(CCC)S(=O)(=O)c1cc(N)cs1. The van der Waals surface area contributed by atoms with Gasteiger partial charge in [0.1, 0.15) is 4.21 Å². The van der Waals surface area contributed by atoms with Gasteiger partial charge in [0.2, 0.25) is 0 Å². The van der Waals surface area contributed by atoms with Gasteiger partial charge < -0.3 is 5.73 Å². The summed E-state index contributed by atoms with van der Waals surface area (Å²) >= 11 is 1.15. The third kappa shape index (κ3) is 2.84. The number of nitrogens with two attached hydrogens (primary N) is 1. The predicted molar refractivity (Wildman–Crippen MR) is 68.0 cm³/mol. The van der Waals surface area contributed by atoms with Gasteiger partial charge in [-0.15, -0.1) is 17.9 Å². The molecule has 0 bridgehead atoms. The smallest absolute Gasteiger partial charge is 0.252 e. The molecule has 1 aromatic heterocycles. The van der Waals surface area contributed by atoms with E-state index in [1.165, 1.54) is 10.4 Å². The zero-order chi connectivity index (χ0) is 12.2. The van der Waals surface area contributed by atoms with E-state index in [4.69, 9.17) is 5.73 Å². The van der Waals surface area contributed by atoms with Gasteiger partial charge in [-0.25, -0.2) is 8.42 Å². The van der Waals surface area contributed by atoms with Crippen molar-refractivity contribution in [2.75, 3.05) is 18.8 Å². The zero-order valence-electron chi connectivity index (χ0n) is 9.22. The standard InChI is InChI=1S/C10H16N2O2S2/c1-3-5-12(6-4-2)16(13,14)10-7-9(11)8-15-10/h3,7-8H,1,4-6,11H2,2H3. The molecule has 90 valence electrons. The summed E-state index contributed by atoms with van der Waals surface area (Å²) in [6.07, 6.45) is 2.36. The highest BCUT2D eigenvalue weighted by Gasteiger charge is 2.24. The minimum atomic E-state index is -3.40. The molecule has 0 aliphatic carbocycles. The van der Waals surface area contributed by atoms with E-state index in [0.29, 0.717) is 23.0 Å². The van der Waals surface area contributed by atoms with E-state index in [9.17, 15) is 8.42 Å². The number of anilines is 1. The fraction of sp³-hybridized carbons (Fsp3) is 0.400. The average molecular weight is 260 g/mol. The highest BCUT2D eigenvalue weighted by atomic mass is 32.2. The molecule has 0 spiro atoms. The Morgan fingerprint density at radius 1 is 1.62 bits per heavy atom. The lowest BCUT2D eigenvalue weighted by Crippen LogP contribution is -2.31. The molecule has 1 heterocycles. The summed E-state index contributed by atoms with van der Waals surface area (Å²) in [7, 11) is -3.40. The summed E-state index contributed by atoms with van der Waals surface area (Å²) in [6, 6.07) is 1.49. The molecule has 16 heavy (non-hydrogen) atoms. The van der Waals surface area contributed by atoms with Crippen LogP contribution in [0, 0.1) is 0 Å². The van der Waals surface area contributed by atoms with Gasteiger partial charge >= 0.3 is 0 Å². The third-order valence-electron chi connectivity index (χ3n) is 2.00. The van der Waals surface area contributed by atoms with Gasteiger partial charge in [-0.05, 0) is 12.5 Å². The van der Waals surface area contributed by atoms with E-state index in [1.807, 2.05) is 6.92 Å². The minimum Gasteiger partial charge on any atom is -0.398 e. The van der Waals surface area contributed by atoms with Crippen molar-refractivity contribution in [1.29, 1.82) is 0 Å². The number of thiophene rings is 1. The van der Waals surface area contributed by atoms with Crippen molar-refractivity contribution in [1.82, 2.24) is 4.31 Å². The normalized spacial score (nSPS) is 11.9. The van der Waals surface area contributed by atoms with Gasteiger partial charge in [-0.3, -0.25) is 0 Å². The first-order valence-corrected chi connectivity index (χ1v) is 7.29. The Labute approximate surface area is 100 Å². The van der Waals surface area contributed by atoms with Crippen molar-refractivity contribution in [2.24, 2.45) is 0 Å². The van der Waals surface area contributed by atoms with Gasteiger partial charge in [-0.1, -0.05) is 13.0 Å². The Kier molecular flexibility index (Phi) is 4.52. The third-order valence-corrected chi connectivity index (χ3v) is 5.29. The number of hydrogen-bond donors (Lipinski definition) is 1. The largest absolute Gasteiger partial charge is 0.398 e. The summed E-state index contributed by atoms with van der Waals surface area (Å²) in [6.45, 7) is 6.33. The van der Waals surface area contributed by atoms with Crippen LogP contribution in [0.4, 0.5) is 5.69 Å². The first kappa shape index (κ1) is 13.2. The molecule has 0 unspecified atom stereocenters. The second-order valence-electron chi connectivity index (χ2n) is 3.35. The van der Waals surface area contributed by atoms with Crippen LogP contribution < -0.4 is 5.73 Å². The first-order chi connectivity index (χ1) is 7.52. The minimum absolute atomic E-state index is 0.292. The van der Waals surface area contributed by atoms with Crippen LogP contribution >= 0.6 is 11.3 Å². The molecule has 0 aliphatic rings. The molecule has 1 aromatic rings. The summed E-state index contributed by atoms with van der Waals surface area (Å²) in [5, 5.41) is 1.63. The van der Waals surface area contributed by atoms with Crippen LogP contribution in [-0.4, -0.2) is 25.8 Å². The van der Waals surface area contributed by atoms with Gasteiger partial charge in [0, 0.05) is 24.2 Å². The molecule has 0 fully saturated rings. The number of nitrogens with zero attached hydrogens (tertiary/aromatic N) is 1. The van der Waals surface area contributed by atoms with Gasteiger partial charge in [0.25, 0.3) is 10.0 Å². The Hall–Kier alpha value is -0.850. The molecule has 6 heteroatoms. The quantitative estimate of drug-likeness (QED) is 0.795. The van der Waals surface area contributed by atoms with E-state index in [-0.39, 0.29) is 0 Å². The van der Waals surface area contributed by atoms with Gasteiger partial charge in [0.15, 0.2) is 0 Å². The van der Waals surface area contributed by atoms with Crippen molar-refractivity contribution < 1.29 is 8.42 Å². The average Bonchev–Trinajstić information content (AvgIpc) is 2.65. The molecule has 1 rings (SSSR count). The van der Waals surface area contributed by atoms with Crippen molar-refractivity contribution >= 4 is 27.0 Å². The van der Waals surface area contributed by atoms with Crippen LogP contribution in [0.25, 0.3) is 0 Å². The molecular formula is C10H16N2O2S2. The predicted octanol–water partition coefficient (Wildman–Crippen LogP) is 1.92. The molecule has 0 amide bonds. The molecule has 0 saturated heterocycles. The molecule has 0 saturated carbocycles. The zero-order valence-corrected chi connectivity index (χ0v) is 10.9.